The Morgan fingerprint density at radius 3 is 2.73 bits per heavy atom. The minimum Gasteiger partial charge on any atom is -0.496 e. The van der Waals surface area contributed by atoms with Gasteiger partial charge in [0.05, 0.1) is 12.7 Å². The van der Waals surface area contributed by atoms with Gasteiger partial charge in [0.1, 0.15) is 5.75 Å². The van der Waals surface area contributed by atoms with E-state index in [9.17, 15) is 0 Å². The van der Waals surface area contributed by atoms with Crippen molar-refractivity contribution in [2.24, 2.45) is 0 Å². The standard InChI is InChI=1S/C26H26N4O2S/c1-3-4-9-16-33-26-28-25-23(29-30-26)19-12-7-8-13-20(19)27-24(32-25)22-18-11-6-5-10-17(18)14-15-21(22)31-2/h5-8,10-15,24,27H,3-4,9,16H2,1-2H3/t24-/m1/s1. The summed E-state index contributed by atoms with van der Waals surface area (Å²) in [5, 5.41) is 15.3. The number of thioether (sulfide) groups is 1. The number of benzene rings is 3. The first kappa shape index (κ1) is 21.5. The first-order valence-electron chi connectivity index (χ1n) is 11.2. The third-order valence-electron chi connectivity index (χ3n) is 5.73. The molecule has 0 bridgehead atoms. The zero-order chi connectivity index (χ0) is 22.6. The molecule has 168 valence electrons. The van der Waals surface area contributed by atoms with Gasteiger partial charge in [-0.05, 0) is 29.3 Å². The third-order valence-corrected chi connectivity index (χ3v) is 6.65. The molecule has 0 spiro atoms. The van der Waals surface area contributed by atoms with E-state index >= 15 is 0 Å². The number of methoxy groups -OCH3 is 1. The maximum absolute atomic E-state index is 6.53. The maximum atomic E-state index is 6.53. The minimum atomic E-state index is -0.511. The average molecular weight is 459 g/mol. The van der Waals surface area contributed by atoms with Gasteiger partial charge in [-0.1, -0.05) is 80.1 Å². The lowest BCUT2D eigenvalue weighted by Crippen LogP contribution is -2.18. The zero-order valence-electron chi connectivity index (χ0n) is 18.7. The average Bonchev–Trinajstić information content (AvgIpc) is 3.02. The van der Waals surface area contributed by atoms with E-state index in [1.165, 1.54) is 12.8 Å². The van der Waals surface area contributed by atoms with Crippen LogP contribution in [0, 0.1) is 0 Å². The molecule has 1 aliphatic rings. The van der Waals surface area contributed by atoms with E-state index in [2.05, 4.69) is 40.6 Å². The van der Waals surface area contributed by atoms with Crippen LogP contribution >= 0.6 is 11.8 Å². The molecule has 6 nitrogen and oxygen atoms in total. The van der Waals surface area contributed by atoms with Crippen molar-refractivity contribution in [1.82, 2.24) is 15.2 Å². The molecule has 0 unspecified atom stereocenters. The summed E-state index contributed by atoms with van der Waals surface area (Å²) in [5.41, 5.74) is 3.39. The van der Waals surface area contributed by atoms with Gasteiger partial charge < -0.3 is 14.8 Å². The quantitative estimate of drug-likeness (QED) is 0.251. The van der Waals surface area contributed by atoms with E-state index in [0.29, 0.717) is 16.7 Å². The van der Waals surface area contributed by atoms with Crippen molar-refractivity contribution in [3.8, 4) is 22.9 Å². The van der Waals surface area contributed by atoms with E-state index in [1.54, 1.807) is 18.9 Å². The van der Waals surface area contributed by atoms with Gasteiger partial charge in [0.15, 0.2) is 5.69 Å². The smallest absolute Gasteiger partial charge is 0.247 e. The van der Waals surface area contributed by atoms with E-state index in [0.717, 1.165) is 45.5 Å². The number of aromatic nitrogens is 3. The van der Waals surface area contributed by atoms with Crippen molar-refractivity contribution >= 4 is 28.2 Å². The lowest BCUT2D eigenvalue weighted by Gasteiger charge is -2.23. The Kier molecular flexibility index (Phi) is 6.30. The number of rotatable bonds is 7. The Hall–Kier alpha value is -3.32. The van der Waals surface area contributed by atoms with E-state index in [1.807, 2.05) is 42.5 Å². The fraction of sp³-hybridized carbons (Fsp3) is 0.269. The van der Waals surface area contributed by atoms with Crippen LogP contribution in [0.1, 0.15) is 38.0 Å². The molecular weight excluding hydrogens is 432 g/mol. The highest BCUT2D eigenvalue weighted by Crippen LogP contribution is 2.43. The number of hydrogen-bond acceptors (Lipinski definition) is 7. The second-order valence-electron chi connectivity index (χ2n) is 7.89. The van der Waals surface area contributed by atoms with Gasteiger partial charge in [-0.2, -0.15) is 4.98 Å². The molecule has 0 amide bonds. The number of anilines is 1. The van der Waals surface area contributed by atoms with Crippen LogP contribution in [0.2, 0.25) is 0 Å². The molecule has 0 fully saturated rings. The number of nitrogens with one attached hydrogen (secondary N) is 1. The Labute approximate surface area is 197 Å². The Balaban J connectivity index is 1.60. The normalized spacial score (nSPS) is 14.5. The summed E-state index contributed by atoms with van der Waals surface area (Å²) in [6.45, 7) is 2.20. The topological polar surface area (TPSA) is 69.2 Å². The first-order valence-corrected chi connectivity index (χ1v) is 12.2. The molecule has 2 heterocycles. The molecular formula is C26H26N4O2S. The molecule has 33 heavy (non-hydrogen) atoms. The molecule has 4 aromatic rings. The molecule has 0 saturated heterocycles. The highest BCUT2D eigenvalue weighted by Gasteiger charge is 2.29. The number of ether oxygens (including phenoxy) is 2. The predicted octanol–water partition coefficient (Wildman–Crippen LogP) is 6.49. The van der Waals surface area contributed by atoms with Crippen molar-refractivity contribution in [1.29, 1.82) is 0 Å². The Bertz CT molecular complexity index is 1280. The molecule has 0 radical (unpaired) electrons. The van der Waals surface area contributed by atoms with Gasteiger partial charge in [0.25, 0.3) is 0 Å². The number of unbranched alkanes of at least 4 members (excludes halogenated alkanes) is 2. The van der Waals surface area contributed by atoms with E-state index in [-0.39, 0.29) is 0 Å². The molecule has 0 aliphatic carbocycles. The van der Waals surface area contributed by atoms with Crippen LogP contribution in [0.15, 0.2) is 65.8 Å². The van der Waals surface area contributed by atoms with Crippen molar-refractivity contribution in [2.45, 2.75) is 37.6 Å². The highest BCUT2D eigenvalue weighted by molar-refractivity contribution is 7.99. The van der Waals surface area contributed by atoms with Crippen LogP contribution in [0.25, 0.3) is 22.0 Å². The van der Waals surface area contributed by atoms with Crippen LogP contribution in [0.5, 0.6) is 11.6 Å². The number of para-hydroxylation sites is 1. The van der Waals surface area contributed by atoms with Gasteiger partial charge >= 0.3 is 0 Å². The van der Waals surface area contributed by atoms with E-state index < -0.39 is 6.23 Å². The third kappa shape index (κ3) is 4.33. The predicted molar refractivity (Wildman–Crippen MR) is 133 cm³/mol. The fourth-order valence-corrected chi connectivity index (χ4v) is 4.86. The zero-order valence-corrected chi connectivity index (χ0v) is 19.6. The highest BCUT2D eigenvalue weighted by atomic mass is 32.2. The number of fused-ring (bicyclic) bond motifs is 4. The fourth-order valence-electron chi connectivity index (χ4n) is 4.08. The van der Waals surface area contributed by atoms with Crippen LogP contribution in [0.4, 0.5) is 5.69 Å². The molecule has 1 atom stereocenters. The summed E-state index contributed by atoms with van der Waals surface area (Å²) in [5.74, 6) is 2.19. The number of nitrogens with zero attached hydrogens (tertiary/aromatic N) is 3. The van der Waals surface area contributed by atoms with Gasteiger partial charge in [0, 0.05) is 17.0 Å². The van der Waals surface area contributed by atoms with Crippen molar-refractivity contribution in [3.63, 3.8) is 0 Å². The number of hydrogen-bond donors (Lipinski definition) is 1. The van der Waals surface area contributed by atoms with Gasteiger partial charge in [-0.3, -0.25) is 0 Å². The van der Waals surface area contributed by atoms with E-state index in [4.69, 9.17) is 14.5 Å². The summed E-state index contributed by atoms with van der Waals surface area (Å²) in [7, 11) is 1.68. The summed E-state index contributed by atoms with van der Waals surface area (Å²) < 4.78 is 12.3. The Morgan fingerprint density at radius 1 is 1.00 bits per heavy atom. The van der Waals surface area contributed by atoms with Gasteiger partial charge in [-0.25, -0.2) is 0 Å². The second kappa shape index (κ2) is 9.67. The SMILES string of the molecule is CCCCCSc1nnc2c(n1)O[C@H](c1c(OC)ccc3ccccc13)Nc1ccccc1-2. The van der Waals surface area contributed by atoms with Crippen LogP contribution in [-0.2, 0) is 0 Å². The molecule has 7 heteroatoms. The summed E-state index contributed by atoms with van der Waals surface area (Å²) in [6.07, 6.45) is 3.00. The monoisotopic (exact) mass is 458 g/mol. The van der Waals surface area contributed by atoms with Crippen LogP contribution in [-0.4, -0.2) is 28.0 Å². The van der Waals surface area contributed by atoms with Gasteiger partial charge in [-0.15, -0.1) is 10.2 Å². The minimum absolute atomic E-state index is 0.473. The van der Waals surface area contributed by atoms with Gasteiger partial charge in [0.2, 0.25) is 17.3 Å². The lowest BCUT2D eigenvalue weighted by atomic mass is 10.0. The summed E-state index contributed by atoms with van der Waals surface area (Å²) >= 11 is 1.62. The van der Waals surface area contributed by atoms with Crippen molar-refractivity contribution in [3.05, 3.63) is 66.2 Å². The Morgan fingerprint density at radius 2 is 1.85 bits per heavy atom. The molecule has 0 saturated carbocycles. The van der Waals surface area contributed by atoms with Crippen molar-refractivity contribution < 1.29 is 9.47 Å². The summed E-state index contributed by atoms with van der Waals surface area (Å²) in [4.78, 5) is 4.77. The molecule has 5 rings (SSSR count). The largest absolute Gasteiger partial charge is 0.496 e. The first-order chi connectivity index (χ1) is 16.3. The maximum Gasteiger partial charge on any atom is 0.247 e. The van der Waals surface area contributed by atoms with Crippen LogP contribution < -0.4 is 14.8 Å². The second-order valence-corrected chi connectivity index (χ2v) is 8.96. The molecule has 1 N–H and O–H groups in total. The molecule has 1 aliphatic heterocycles. The summed E-state index contributed by atoms with van der Waals surface area (Å²) in [6, 6.07) is 20.3. The van der Waals surface area contributed by atoms with Crippen molar-refractivity contribution in [2.75, 3.05) is 18.2 Å². The molecule has 3 aromatic carbocycles. The lowest BCUT2D eigenvalue weighted by molar-refractivity contribution is 0.221. The van der Waals surface area contributed by atoms with Crippen LogP contribution in [0.3, 0.4) is 0 Å². The molecule has 1 aromatic heterocycles.